The second-order valence-corrected chi connectivity index (χ2v) is 5.98. The van der Waals surface area contributed by atoms with Gasteiger partial charge in [0.1, 0.15) is 0 Å². The fourth-order valence-electron chi connectivity index (χ4n) is 2.61. The zero-order chi connectivity index (χ0) is 20.0. The number of nitro groups is 1. The summed E-state index contributed by atoms with van der Waals surface area (Å²) >= 11 is 0. The monoisotopic (exact) mass is 370 g/mol. The van der Waals surface area contributed by atoms with Crippen LogP contribution in [0.25, 0.3) is 6.08 Å². The molecule has 0 spiro atoms. The van der Waals surface area contributed by atoms with Crippen molar-refractivity contribution in [3.05, 3.63) is 69.3 Å². The summed E-state index contributed by atoms with van der Waals surface area (Å²) in [6.07, 6.45) is 2.79. The molecule has 0 aliphatic carbocycles. The Hall–Kier alpha value is -3.35. The summed E-state index contributed by atoms with van der Waals surface area (Å²) in [6.45, 7) is 2.30. The number of hydrogen-bond donors (Lipinski definition) is 0. The molecular weight excluding hydrogens is 348 g/mol. The molecule has 0 bridgehead atoms. The maximum atomic E-state index is 12.4. The van der Waals surface area contributed by atoms with E-state index < -0.39 is 4.92 Å². The van der Waals surface area contributed by atoms with E-state index in [0.717, 1.165) is 11.1 Å². The van der Waals surface area contributed by atoms with Gasteiger partial charge in [0.25, 0.3) is 5.69 Å². The standard InChI is InChI=1S/C20H22N2O5/c1-14-11-18(26-3)19(27-4)12-16(14)13-21(2)20(23)10-9-15-7-5-6-8-17(15)22(24)25/h5-12H,13H2,1-4H3/b10-9+. The van der Waals surface area contributed by atoms with Crippen molar-refractivity contribution in [3.63, 3.8) is 0 Å². The van der Waals surface area contributed by atoms with Crippen molar-refractivity contribution in [2.75, 3.05) is 21.3 Å². The molecule has 0 fully saturated rings. The molecule has 27 heavy (non-hydrogen) atoms. The number of ether oxygens (including phenoxy) is 2. The zero-order valence-corrected chi connectivity index (χ0v) is 15.8. The van der Waals surface area contributed by atoms with Gasteiger partial charge in [-0.3, -0.25) is 14.9 Å². The van der Waals surface area contributed by atoms with Crippen LogP contribution in [0, 0.1) is 17.0 Å². The van der Waals surface area contributed by atoms with Gasteiger partial charge in [-0.15, -0.1) is 0 Å². The molecular formula is C20H22N2O5. The van der Waals surface area contributed by atoms with E-state index in [-0.39, 0.29) is 11.6 Å². The molecule has 0 saturated heterocycles. The van der Waals surface area contributed by atoms with Crippen molar-refractivity contribution < 1.29 is 19.2 Å². The Morgan fingerprint density at radius 3 is 2.44 bits per heavy atom. The van der Waals surface area contributed by atoms with Crippen molar-refractivity contribution >= 4 is 17.7 Å². The molecule has 0 aromatic heterocycles. The van der Waals surface area contributed by atoms with E-state index in [2.05, 4.69) is 0 Å². The van der Waals surface area contributed by atoms with Gasteiger partial charge in [-0.1, -0.05) is 12.1 Å². The molecule has 0 N–H and O–H groups in total. The van der Waals surface area contributed by atoms with Gasteiger partial charge < -0.3 is 14.4 Å². The molecule has 142 valence electrons. The first-order chi connectivity index (χ1) is 12.9. The summed E-state index contributed by atoms with van der Waals surface area (Å²) in [5.74, 6) is 0.959. The SMILES string of the molecule is COc1cc(C)c(CN(C)C(=O)/C=C/c2ccccc2[N+](=O)[O-])cc1OC. The number of nitrogens with zero attached hydrogens (tertiary/aromatic N) is 2. The molecule has 1 amide bonds. The molecule has 0 atom stereocenters. The van der Waals surface area contributed by atoms with Crippen molar-refractivity contribution in [1.82, 2.24) is 4.90 Å². The Kier molecular flexibility index (Phi) is 6.54. The largest absolute Gasteiger partial charge is 0.493 e. The van der Waals surface area contributed by atoms with Crippen LogP contribution in [0.15, 0.2) is 42.5 Å². The average molecular weight is 370 g/mol. The number of nitro benzene ring substituents is 1. The lowest BCUT2D eigenvalue weighted by atomic mass is 10.1. The highest BCUT2D eigenvalue weighted by molar-refractivity contribution is 5.92. The molecule has 0 saturated carbocycles. The molecule has 2 rings (SSSR count). The van der Waals surface area contributed by atoms with Crippen LogP contribution in [-0.4, -0.2) is 37.0 Å². The minimum atomic E-state index is -0.471. The van der Waals surface area contributed by atoms with Crippen LogP contribution in [0.2, 0.25) is 0 Å². The van der Waals surface area contributed by atoms with Crippen molar-refractivity contribution in [2.45, 2.75) is 13.5 Å². The highest BCUT2D eigenvalue weighted by atomic mass is 16.6. The molecule has 0 aliphatic heterocycles. The molecule has 7 nitrogen and oxygen atoms in total. The van der Waals surface area contributed by atoms with E-state index in [1.165, 1.54) is 23.1 Å². The minimum Gasteiger partial charge on any atom is -0.493 e. The highest BCUT2D eigenvalue weighted by Gasteiger charge is 2.14. The topological polar surface area (TPSA) is 81.9 Å². The summed E-state index contributed by atoms with van der Waals surface area (Å²) in [7, 11) is 4.80. The number of hydrogen-bond acceptors (Lipinski definition) is 5. The molecule has 7 heteroatoms. The third kappa shape index (κ3) is 4.84. The molecule has 0 radical (unpaired) electrons. The lowest BCUT2D eigenvalue weighted by molar-refractivity contribution is -0.385. The quantitative estimate of drug-likeness (QED) is 0.423. The maximum absolute atomic E-state index is 12.4. The van der Waals surface area contributed by atoms with E-state index >= 15 is 0 Å². The van der Waals surface area contributed by atoms with E-state index in [9.17, 15) is 14.9 Å². The molecule has 2 aromatic carbocycles. The van der Waals surface area contributed by atoms with Crippen LogP contribution in [0.1, 0.15) is 16.7 Å². The Labute approximate surface area is 158 Å². The van der Waals surface area contributed by atoms with Crippen molar-refractivity contribution in [3.8, 4) is 11.5 Å². The lowest BCUT2D eigenvalue weighted by Gasteiger charge is -2.18. The number of benzene rings is 2. The number of amides is 1. The summed E-state index contributed by atoms with van der Waals surface area (Å²) < 4.78 is 10.6. The van der Waals surface area contributed by atoms with E-state index in [4.69, 9.17) is 9.47 Å². The first-order valence-corrected chi connectivity index (χ1v) is 8.25. The first-order valence-electron chi connectivity index (χ1n) is 8.25. The van der Waals surface area contributed by atoms with Crippen molar-refractivity contribution in [2.24, 2.45) is 0 Å². The Bertz CT molecular complexity index is 877. The average Bonchev–Trinajstić information content (AvgIpc) is 2.67. The number of likely N-dealkylation sites (N-methyl/N-ethyl adjacent to an activating group) is 1. The van der Waals surface area contributed by atoms with Gasteiger partial charge in [0.15, 0.2) is 11.5 Å². The summed E-state index contributed by atoms with van der Waals surface area (Å²) in [6, 6.07) is 9.97. The van der Waals surface area contributed by atoms with Gasteiger partial charge in [0.2, 0.25) is 5.91 Å². The third-order valence-corrected chi connectivity index (χ3v) is 4.16. The molecule has 0 heterocycles. The van der Waals surface area contributed by atoms with Gasteiger partial charge in [0.05, 0.1) is 24.7 Å². The number of para-hydroxylation sites is 1. The zero-order valence-electron chi connectivity index (χ0n) is 15.8. The van der Waals surface area contributed by atoms with Gasteiger partial charge in [0, 0.05) is 25.7 Å². The van der Waals surface area contributed by atoms with Crippen LogP contribution >= 0.6 is 0 Å². The molecule has 0 aliphatic rings. The fraction of sp³-hybridized carbons (Fsp3) is 0.250. The van der Waals surface area contributed by atoms with Gasteiger partial charge in [-0.2, -0.15) is 0 Å². The van der Waals surface area contributed by atoms with E-state index in [0.29, 0.717) is 23.6 Å². The Morgan fingerprint density at radius 2 is 1.81 bits per heavy atom. The van der Waals surface area contributed by atoms with E-state index in [1.54, 1.807) is 39.5 Å². The summed E-state index contributed by atoms with van der Waals surface area (Å²) in [5, 5.41) is 11.0. The maximum Gasteiger partial charge on any atom is 0.276 e. The van der Waals surface area contributed by atoms with Crippen LogP contribution in [0.3, 0.4) is 0 Å². The lowest BCUT2D eigenvalue weighted by Crippen LogP contribution is -2.24. The van der Waals surface area contributed by atoms with Crippen molar-refractivity contribution in [1.29, 1.82) is 0 Å². The second-order valence-electron chi connectivity index (χ2n) is 5.98. The number of aryl methyl sites for hydroxylation is 1. The molecule has 0 unspecified atom stereocenters. The van der Waals surface area contributed by atoms with Gasteiger partial charge in [-0.05, 0) is 42.3 Å². The van der Waals surface area contributed by atoms with Crippen LogP contribution in [0.4, 0.5) is 5.69 Å². The second kappa shape index (κ2) is 8.84. The van der Waals surface area contributed by atoms with Gasteiger partial charge >= 0.3 is 0 Å². The Morgan fingerprint density at radius 1 is 1.19 bits per heavy atom. The number of carbonyl (C=O) groups is 1. The predicted octanol–water partition coefficient (Wildman–Crippen LogP) is 3.59. The number of carbonyl (C=O) groups excluding carboxylic acids is 1. The predicted molar refractivity (Wildman–Crippen MR) is 103 cm³/mol. The fourth-order valence-corrected chi connectivity index (χ4v) is 2.61. The van der Waals surface area contributed by atoms with Crippen LogP contribution in [-0.2, 0) is 11.3 Å². The highest BCUT2D eigenvalue weighted by Crippen LogP contribution is 2.30. The normalized spacial score (nSPS) is 10.7. The van der Waals surface area contributed by atoms with Gasteiger partial charge in [-0.25, -0.2) is 0 Å². The van der Waals surface area contributed by atoms with E-state index in [1.807, 2.05) is 19.1 Å². The summed E-state index contributed by atoms with van der Waals surface area (Å²) in [4.78, 5) is 24.5. The number of rotatable bonds is 7. The number of methoxy groups -OCH3 is 2. The smallest absolute Gasteiger partial charge is 0.276 e. The first kappa shape index (κ1) is 20.0. The molecule has 2 aromatic rings. The van der Waals surface area contributed by atoms with Crippen LogP contribution in [0.5, 0.6) is 11.5 Å². The third-order valence-electron chi connectivity index (χ3n) is 4.16. The summed E-state index contributed by atoms with van der Waals surface area (Å²) in [5.41, 5.74) is 2.23. The Balaban J connectivity index is 2.16. The van der Waals surface area contributed by atoms with Crippen LogP contribution < -0.4 is 9.47 Å². The minimum absolute atomic E-state index is 0.0417.